The summed E-state index contributed by atoms with van der Waals surface area (Å²) in [5, 5.41) is 8.71. The first-order valence-corrected chi connectivity index (χ1v) is 5.74. The van der Waals surface area contributed by atoms with Crippen LogP contribution in [0, 0.1) is 0 Å². The molecule has 98 valence electrons. The van der Waals surface area contributed by atoms with E-state index in [0.29, 0.717) is 19.5 Å². The van der Waals surface area contributed by atoms with Crippen LogP contribution in [0.4, 0.5) is 4.79 Å². The molecule has 1 saturated heterocycles. The molecule has 0 bridgehead atoms. The molecule has 6 heteroatoms. The maximum Gasteiger partial charge on any atom is 0.410 e. The second-order valence-corrected chi connectivity index (χ2v) is 4.41. The molecule has 0 aromatic carbocycles. The van der Waals surface area contributed by atoms with E-state index in [1.54, 1.807) is 18.7 Å². The molecule has 2 atom stereocenters. The van der Waals surface area contributed by atoms with Crippen LogP contribution in [0.3, 0.4) is 0 Å². The molecule has 0 aliphatic carbocycles. The topological polar surface area (TPSA) is 76.1 Å². The summed E-state index contributed by atoms with van der Waals surface area (Å²) in [5.41, 5.74) is 0. The number of nitrogens with zero attached hydrogens (tertiary/aromatic N) is 1. The minimum atomic E-state index is -0.992. The van der Waals surface area contributed by atoms with Crippen molar-refractivity contribution in [2.45, 2.75) is 45.5 Å². The third-order valence-corrected chi connectivity index (χ3v) is 2.48. The van der Waals surface area contributed by atoms with Crippen molar-refractivity contribution < 1.29 is 24.2 Å². The van der Waals surface area contributed by atoms with Crippen molar-refractivity contribution in [3.05, 3.63) is 0 Å². The van der Waals surface area contributed by atoms with Crippen LogP contribution < -0.4 is 0 Å². The Bertz CT molecular complexity index is 292. The summed E-state index contributed by atoms with van der Waals surface area (Å²) in [6.07, 6.45) is -0.943. The van der Waals surface area contributed by atoms with Crippen LogP contribution in [0.25, 0.3) is 0 Å². The maximum atomic E-state index is 11.6. The van der Waals surface area contributed by atoms with Gasteiger partial charge in [-0.25, -0.2) is 9.59 Å². The fourth-order valence-corrected chi connectivity index (χ4v) is 1.63. The lowest BCUT2D eigenvalue weighted by Crippen LogP contribution is -2.34. The van der Waals surface area contributed by atoms with E-state index >= 15 is 0 Å². The molecule has 1 amide bonds. The number of amides is 1. The van der Waals surface area contributed by atoms with Crippen LogP contribution in [-0.4, -0.2) is 53.5 Å². The van der Waals surface area contributed by atoms with Gasteiger partial charge in [-0.15, -0.1) is 0 Å². The highest BCUT2D eigenvalue weighted by atomic mass is 16.6. The van der Waals surface area contributed by atoms with E-state index < -0.39 is 12.1 Å². The van der Waals surface area contributed by atoms with Gasteiger partial charge < -0.3 is 19.5 Å². The lowest BCUT2D eigenvalue weighted by molar-refractivity contribution is -0.152. The molecule has 0 saturated carbocycles. The normalized spacial score (nSPS) is 21.6. The van der Waals surface area contributed by atoms with E-state index in [9.17, 15) is 9.59 Å². The molecule has 1 rings (SSSR count). The quantitative estimate of drug-likeness (QED) is 0.802. The van der Waals surface area contributed by atoms with Crippen molar-refractivity contribution in [2.75, 3.05) is 13.1 Å². The highest BCUT2D eigenvalue weighted by Gasteiger charge is 2.30. The van der Waals surface area contributed by atoms with Crippen LogP contribution in [0.5, 0.6) is 0 Å². The molecule has 0 radical (unpaired) electrons. The summed E-state index contributed by atoms with van der Waals surface area (Å²) in [6, 6.07) is 0. The second-order valence-electron chi connectivity index (χ2n) is 4.41. The Labute approximate surface area is 100 Å². The Balaban J connectivity index is 2.37. The van der Waals surface area contributed by atoms with Crippen LogP contribution in [0.15, 0.2) is 0 Å². The molecule has 1 heterocycles. The monoisotopic (exact) mass is 245 g/mol. The van der Waals surface area contributed by atoms with Crippen molar-refractivity contribution in [1.82, 2.24) is 4.90 Å². The summed E-state index contributed by atoms with van der Waals surface area (Å²) in [5.74, 6) is -0.992. The lowest BCUT2D eigenvalue weighted by Gasteiger charge is -2.19. The third-order valence-electron chi connectivity index (χ3n) is 2.48. The van der Waals surface area contributed by atoms with Crippen molar-refractivity contribution in [1.29, 1.82) is 0 Å². The Morgan fingerprint density at radius 1 is 1.35 bits per heavy atom. The Morgan fingerprint density at radius 2 is 2.00 bits per heavy atom. The molecular formula is C11H19NO5. The van der Waals surface area contributed by atoms with E-state index in [4.69, 9.17) is 14.6 Å². The number of ether oxygens (including phenoxy) is 2. The summed E-state index contributed by atoms with van der Waals surface area (Å²) >= 11 is 0. The Hall–Kier alpha value is -1.30. The number of hydrogen-bond acceptors (Lipinski definition) is 4. The predicted molar refractivity (Wildman–Crippen MR) is 59.8 cm³/mol. The van der Waals surface area contributed by atoms with Crippen molar-refractivity contribution in [2.24, 2.45) is 0 Å². The first-order chi connectivity index (χ1) is 7.90. The van der Waals surface area contributed by atoms with Crippen molar-refractivity contribution >= 4 is 12.1 Å². The molecular weight excluding hydrogens is 226 g/mol. The molecule has 6 nitrogen and oxygen atoms in total. The van der Waals surface area contributed by atoms with E-state index in [1.807, 2.05) is 0 Å². The smallest absolute Gasteiger partial charge is 0.410 e. The zero-order chi connectivity index (χ0) is 13.0. The SMILES string of the molecule is CC(C)OC(=O)N1CCC(OC(C)C(=O)O)C1. The number of carboxylic acids is 1. The summed E-state index contributed by atoms with van der Waals surface area (Å²) in [7, 11) is 0. The van der Waals surface area contributed by atoms with Gasteiger partial charge in [0.2, 0.25) is 0 Å². The number of likely N-dealkylation sites (tertiary alicyclic amines) is 1. The first-order valence-electron chi connectivity index (χ1n) is 5.74. The van der Waals surface area contributed by atoms with Gasteiger partial charge in [0, 0.05) is 6.54 Å². The average Bonchev–Trinajstić information content (AvgIpc) is 2.65. The molecule has 17 heavy (non-hydrogen) atoms. The fraction of sp³-hybridized carbons (Fsp3) is 0.818. The number of hydrogen-bond donors (Lipinski definition) is 1. The molecule has 1 aliphatic rings. The standard InChI is InChI=1S/C11H19NO5/c1-7(2)16-11(15)12-5-4-9(6-12)17-8(3)10(13)14/h7-9H,4-6H2,1-3H3,(H,13,14). The molecule has 0 spiro atoms. The van der Waals surface area contributed by atoms with Crippen LogP contribution in [0.2, 0.25) is 0 Å². The molecule has 0 aromatic heterocycles. The van der Waals surface area contributed by atoms with Gasteiger partial charge in [-0.2, -0.15) is 0 Å². The van der Waals surface area contributed by atoms with Gasteiger partial charge in [0.25, 0.3) is 0 Å². The fourth-order valence-electron chi connectivity index (χ4n) is 1.63. The van der Waals surface area contributed by atoms with Gasteiger partial charge in [-0.05, 0) is 27.2 Å². The zero-order valence-electron chi connectivity index (χ0n) is 10.4. The van der Waals surface area contributed by atoms with E-state index in [2.05, 4.69) is 0 Å². The number of rotatable bonds is 4. The highest BCUT2D eigenvalue weighted by molar-refractivity contribution is 5.71. The summed E-state index contributed by atoms with van der Waals surface area (Å²) < 4.78 is 10.4. The summed E-state index contributed by atoms with van der Waals surface area (Å²) in [4.78, 5) is 23.7. The van der Waals surface area contributed by atoms with Gasteiger partial charge in [0.05, 0.1) is 18.8 Å². The van der Waals surface area contributed by atoms with E-state index in [-0.39, 0.29) is 18.3 Å². The minimum Gasteiger partial charge on any atom is -0.479 e. The first kappa shape index (κ1) is 13.8. The minimum absolute atomic E-state index is 0.152. The number of carbonyl (C=O) groups excluding carboxylic acids is 1. The zero-order valence-corrected chi connectivity index (χ0v) is 10.4. The summed E-state index contributed by atoms with van der Waals surface area (Å²) in [6.45, 7) is 5.99. The van der Waals surface area contributed by atoms with Gasteiger partial charge in [-0.3, -0.25) is 0 Å². The molecule has 1 aliphatic heterocycles. The van der Waals surface area contributed by atoms with Crippen molar-refractivity contribution in [3.8, 4) is 0 Å². The molecule has 0 aromatic rings. The van der Waals surface area contributed by atoms with Gasteiger partial charge in [-0.1, -0.05) is 0 Å². The maximum absolute atomic E-state index is 11.6. The van der Waals surface area contributed by atoms with Crippen LogP contribution >= 0.6 is 0 Å². The predicted octanol–water partition coefficient (Wildman–Crippen LogP) is 1.10. The number of carbonyl (C=O) groups is 2. The van der Waals surface area contributed by atoms with Crippen LogP contribution in [0.1, 0.15) is 27.2 Å². The van der Waals surface area contributed by atoms with Crippen molar-refractivity contribution in [3.63, 3.8) is 0 Å². The lowest BCUT2D eigenvalue weighted by atomic mass is 10.3. The second kappa shape index (κ2) is 5.86. The van der Waals surface area contributed by atoms with Gasteiger partial charge in [0.1, 0.15) is 0 Å². The van der Waals surface area contributed by atoms with Crippen LogP contribution in [-0.2, 0) is 14.3 Å². The largest absolute Gasteiger partial charge is 0.479 e. The molecule has 1 N–H and O–H groups in total. The highest BCUT2D eigenvalue weighted by Crippen LogP contribution is 2.16. The number of carboxylic acid groups (broad SMARTS) is 1. The van der Waals surface area contributed by atoms with E-state index in [1.165, 1.54) is 6.92 Å². The van der Waals surface area contributed by atoms with Gasteiger partial charge >= 0.3 is 12.1 Å². The number of aliphatic carboxylic acids is 1. The Kier molecular flexibility index (Phi) is 4.74. The Morgan fingerprint density at radius 3 is 2.53 bits per heavy atom. The van der Waals surface area contributed by atoms with E-state index in [0.717, 1.165) is 0 Å². The average molecular weight is 245 g/mol. The van der Waals surface area contributed by atoms with Gasteiger partial charge in [0.15, 0.2) is 6.10 Å². The third kappa shape index (κ3) is 4.22. The molecule has 1 fully saturated rings. The molecule has 2 unspecified atom stereocenters.